The van der Waals surface area contributed by atoms with Crippen LogP contribution in [0.1, 0.15) is 29.6 Å². The van der Waals surface area contributed by atoms with E-state index in [4.69, 9.17) is 5.73 Å². The lowest BCUT2D eigenvalue weighted by Gasteiger charge is -2.15. The molecule has 1 atom stereocenters. The zero-order valence-corrected chi connectivity index (χ0v) is 11.6. The Balaban J connectivity index is 1.62. The van der Waals surface area contributed by atoms with Crippen molar-refractivity contribution in [2.24, 2.45) is 5.73 Å². The Morgan fingerprint density at radius 1 is 1.53 bits per heavy atom. The number of nitrogens with one attached hydrogen (secondary N) is 1. The number of carbonyl (C=O) groups excluding carboxylic acids is 2. The molecular weight excluding hydrogens is 262 g/mol. The molecule has 0 radical (unpaired) electrons. The van der Waals surface area contributed by atoms with E-state index in [1.165, 1.54) is 11.3 Å². The SMILES string of the molecule is N[C@@H]1CCN(C(=O)CCCNC(=O)c2ccsc2)C1. The van der Waals surface area contributed by atoms with Crippen molar-refractivity contribution in [3.8, 4) is 0 Å². The van der Waals surface area contributed by atoms with Crippen LogP contribution in [0.15, 0.2) is 16.8 Å². The summed E-state index contributed by atoms with van der Waals surface area (Å²) in [6.07, 6.45) is 2.03. The fourth-order valence-corrected chi connectivity index (χ4v) is 2.75. The molecule has 0 spiro atoms. The van der Waals surface area contributed by atoms with Gasteiger partial charge >= 0.3 is 0 Å². The van der Waals surface area contributed by atoms with Crippen LogP contribution in [0.3, 0.4) is 0 Å². The second-order valence-electron chi connectivity index (χ2n) is 4.76. The monoisotopic (exact) mass is 281 g/mol. The Labute approximate surface area is 116 Å². The maximum Gasteiger partial charge on any atom is 0.252 e. The van der Waals surface area contributed by atoms with Gasteiger partial charge in [-0.25, -0.2) is 0 Å². The molecule has 1 fully saturated rings. The smallest absolute Gasteiger partial charge is 0.252 e. The van der Waals surface area contributed by atoms with E-state index >= 15 is 0 Å². The Morgan fingerprint density at radius 3 is 3.00 bits per heavy atom. The van der Waals surface area contributed by atoms with Crippen LogP contribution in [-0.2, 0) is 4.79 Å². The highest BCUT2D eigenvalue weighted by Crippen LogP contribution is 2.09. The molecule has 1 aromatic rings. The van der Waals surface area contributed by atoms with Gasteiger partial charge in [0, 0.05) is 43.0 Å². The van der Waals surface area contributed by atoms with Crippen LogP contribution in [0.4, 0.5) is 0 Å². The third-order valence-electron chi connectivity index (χ3n) is 3.21. The van der Waals surface area contributed by atoms with Gasteiger partial charge in [-0.3, -0.25) is 9.59 Å². The Morgan fingerprint density at radius 2 is 2.37 bits per heavy atom. The van der Waals surface area contributed by atoms with Crippen LogP contribution in [0.5, 0.6) is 0 Å². The average molecular weight is 281 g/mol. The average Bonchev–Trinajstić information content (AvgIpc) is 3.04. The molecule has 3 N–H and O–H groups in total. The van der Waals surface area contributed by atoms with Crippen LogP contribution < -0.4 is 11.1 Å². The highest BCUT2D eigenvalue weighted by molar-refractivity contribution is 7.08. The first-order valence-electron chi connectivity index (χ1n) is 6.50. The van der Waals surface area contributed by atoms with E-state index in [9.17, 15) is 9.59 Å². The number of hydrogen-bond acceptors (Lipinski definition) is 4. The molecule has 0 unspecified atom stereocenters. The zero-order chi connectivity index (χ0) is 13.7. The van der Waals surface area contributed by atoms with Gasteiger partial charge in [-0.2, -0.15) is 11.3 Å². The lowest BCUT2D eigenvalue weighted by atomic mass is 10.2. The first-order chi connectivity index (χ1) is 9.16. The standard InChI is InChI=1S/C13H19N3O2S/c14-11-3-6-16(8-11)12(17)2-1-5-15-13(18)10-4-7-19-9-10/h4,7,9,11H,1-3,5-6,8,14H2,(H,15,18)/t11-/m1/s1. The Hall–Kier alpha value is -1.40. The molecule has 1 aliphatic heterocycles. The molecule has 0 aromatic carbocycles. The number of likely N-dealkylation sites (tertiary alicyclic amines) is 1. The van der Waals surface area contributed by atoms with Gasteiger partial charge in [0.1, 0.15) is 0 Å². The maximum absolute atomic E-state index is 11.8. The highest BCUT2D eigenvalue weighted by atomic mass is 32.1. The molecule has 5 nitrogen and oxygen atoms in total. The van der Waals surface area contributed by atoms with Crippen LogP contribution in [0, 0.1) is 0 Å². The van der Waals surface area contributed by atoms with E-state index in [0.29, 0.717) is 31.5 Å². The molecule has 104 valence electrons. The van der Waals surface area contributed by atoms with Crippen LogP contribution >= 0.6 is 11.3 Å². The van der Waals surface area contributed by atoms with Gasteiger partial charge < -0.3 is 16.0 Å². The summed E-state index contributed by atoms with van der Waals surface area (Å²) in [5, 5.41) is 6.49. The Kier molecular flexibility index (Phi) is 4.93. The summed E-state index contributed by atoms with van der Waals surface area (Å²) in [6, 6.07) is 1.92. The number of nitrogens with zero attached hydrogens (tertiary/aromatic N) is 1. The number of amides is 2. The van der Waals surface area contributed by atoms with Gasteiger partial charge in [-0.15, -0.1) is 0 Å². The largest absolute Gasteiger partial charge is 0.352 e. The fraction of sp³-hybridized carbons (Fsp3) is 0.538. The highest BCUT2D eigenvalue weighted by Gasteiger charge is 2.22. The van der Waals surface area contributed by atoms with E-state index in [-0.39, 0.29) is 17.9 Å². The molecule has 0 aliphatic carbocycles. The molecule has 2 heterocycles. The minimum atomic E-state index is -0.0723. The zero-order valence-electron chi connectivity index (χ0n) is 10.8. The van der Waals surface area contributed by atoms with Crippen molar-refractivity contribution in [1.82, 2.24) is 10.2 Å². The van der Waals surface area contributed by atoms with Gasteiger partial charge in [0.25, 0.3) is 5.91 Å². The molecule has 6 heteroatoms. The van der Waals surface area contributed by atoms with E-state index in [1.54, 1.807) is 6.07 Å². The summed E-state index contributed by atoms with van der Waals surface area (Å²) >= 11 is 1.50. The molecule has 19 heavy (non-hydrogen) atoms. The van der Waals surface area contributed by atoms with E-state index in [2.05, 4.69) is 5.32 Å². The molecule has 1 aliphatic rings. The second-order valence-corrected chi connectivity index (χ2v) is 5.54. The third kappa shape index (κ3) is 4.04. The third-order valence-corrected chi connectivity index (χ3v) is 3.90. The van der Waals surface area contributed by atoms with Crippen molar-refractivity contribution in [3.63, 3.8) is 0 Å². The van der Waals surface area contributed by atoms with Gasteiger partial charge in [0.15, 0.2) is 0 Å². The number of nitrogens with two attached hydrogens (primary N) is 1. The summed E-state index contributed by atoms with van der Waals surface area (Å²) in [5.41, 5.74) is 6.44. The molecule has 0 saturated carbocycles. The number of rotatable bonds is 5. The van der Waals surface area contributed by atoms with Gasteiger partial charge in [0.05, 0.1) is 0 Å². The molecule has 2 amide bonds. The van der Waals surface area contributed by atoms with Crippen molar-refractivity contribution < 1.29 is 9.59 Å². The number of carbonyl (C=O) groups is 2. The summed E-state index contributed by atoms with van der Waals surface area (Å²) < 4.78 is 0. The summed E-state index contributed by atoms with van der Waals surface area (Å²) in [4.78, 5) is 25.3. The normalized spacial score (nSPS) is 18.6. The van der Waals surface area contributed by atoms with Crippen LogP contribution in [0.25, 0.3) is 0 Å². The summed E-state index contributed by atoms with van der Waals surface area (Å²) in [7, 11) is 0. The van der Waals surface area contributed by atoms with Crippen molar-refractivity contribution in [2.75, 3.05) is 19.6 Å². The predicted molar refractivity (Wildman–Crippen MR) is 75.1 cm³/mol. The van der Waals surface area contributed by atoms with E-state index < -0.39 is 0 Å². The molecule has 1 saturated heterocycles. The van der Waals surface area contributed by atoms with Crippen LogP contribution in [-0.4, -0.2) is 42.4 Å². The maximum atomic E-state index is 11.8. The predicted octanol–water partition coefficient (Wildman–Crippen LogP) is 0.818. The molecule has 1 aromatic heterocycles. The van der Waals surface area contributed by atoms with Crippen LogP contribution in [0.2, 0.25) is 0 Å². The first kappa shape index (κ1) is 14.0. The second kappa shape index (κ2) is 6.68. The first-order valence-corrected chi connectivity index (χ1v) is 7.45. The van der Waals surface area contributed by atoms with Gasteiger partial charge in [-0.1, -0.05) is 0 Å². The summed E-state index contributed by atoms with van der Waals surface area (Å²) in [6.45, 7) is 1.96. The molecular formula is C13H19N3O2S. The molecule has 2 rings (SSSR count). The van der Waals surface area contributed by atoms with E-state index in [0.717, 1.165) is 13.0 Å². The molecule has 0 bridgehead atoms. The fourth-order valence-electron chi connectivity index (χ4n) is 2.11. The minimum absolute atomic E-state index is 0.0723. The lowest BCUT2D eigenvalue weighted by Crippen LogP contribution is -2.32. The quantitative estimate of drug-likeness (QED) is 0.785. The van der Waals surface area contributed by atoms with Crippen molar-refractivity contribution in [1.29, 1.82) is 0 Å². The minimum Gasteiger partial charge on any atom is -0.352 e. The Bertz CT molecular complexity index is 433. The lowest BCUT2D eigenvalue weighted by molar-refractivity contribution is -0.130. The number of hydrogen-bond donors (Lipinski definition) is 2. The van der Waals surface area contributed by atoms with Gasteiger partial charge in [0.2, 0.25) is 5.91 Å². The number of thiophene rings is 1. The van der Waals surface area contributed by atoms with Crippen molar-refractivity contribution in [3.05, 3.63) is 22.4 Å². The topological polar surface area (TPSA) is 75.4 Å². The van der Waals surface area contributed by atoms with Gasteiger partial charge in [-0.05, 0) is 24.3 Å². The van der Waals surface area contributed by atoms with Crippen molar-refractivity contribution in [2.45, 2.75) is 25.3 Å². The van der Waals surface area contributed by atoms with Crippen molar-refractivity contribution >= 4 is 23.2 Å². The summed E-state index contributed by atoms with van der Waals surface area (Å²) in [5.74, 6) is 0.0645. The van der Waals surface area contributed by atoms with E-state index in [1.807, 2.05) is 15.7 Å².